The number of fused-ring (bicyclic) bond motifs is 3. The molecule has 4 rings (SSSR count). The lowest BCUT2D eigenvalue weighted by Crippen LogP contribution is -2.42. The Labute approximate surface area is 198 Å². The number of nitrogens with one attached hydrogen (secondary N) is 2. The monoisotopic (exact) mass is 466 g/mol. The van der Waals surface area contributed by atoms with Crippen LogP contribution in [0, 0.1) is 11.8 Å². The van der Waals surface area contributed by atoms with E-state index in [1.165, 1.54) is 11.1 Å². The number of alkyl carbamates (subject to hydrolysis) is 1. The number of ether oxygens (including phenoxy) is 2. The largest absolute Gasteiger partial charge is 0.480 e. The van der Waals surface area contributed by atoms with Crippen LogP contribution in [0.15, 0.2) is 48.5 Å². The van der Waals surface area contributed by atoms with E-state index in [9.17, 15) is 19.5 Å². The third kappa shape index (κ3) is 5.39. The first kappa shape index (κ1) is 23.8. The maximum Gasteiger partial charge on any atom is 0.407 e. The van der Waals surface area contributed by atoms with E-state index in [4.69, 9.17) is 9.47 Å². The lowest BCUT2D eigenvalue weighted by molar-refractivity contribution is -0.142. The van der Waals surface area contributed by atoms with Gasteiger partial charge in [0, 0.05) is 32.1 Å². The van der Waals surface area contributed by atoms with Crippen molar-refractivity contribution in [3.8, 4) is 11.1 Å². The number of rotatable bonds is 11. The minimum absolute atomic E-state index is 0.0105. The van der Waals surface area contributed by atoms with E-state index in [1.54, 1.807) is 7.11 Å². The highest BCUT2D eigenvalue weighted by Crippen LogP contribution is 2.44. The molecule has 0 bridgehead atoms. The molecule has 0 spiro atoms. The quantitative estimate of drug-likeness (QED) is 0.439. The highest BCUT2D eigenvalue weighted by molar-refractivity contribution is 5.86. The molecule has 0 heterocycles. The van der Waals surface area contributed by atoms with Gasteiger partial charge in [-0.15, -0.1) is 0 Å². The number of carboxylic acid groups (broad SMARTS) is 1. The van der Waals surface area contributed by atoms with E-state index < -0.39 is 18.1 Å². The molecular weight excluding hydrogens is 436 g/mol. The molecule has 2 aromatic carbocycles. The molecule has 3 N–H and O–H groups in total. The summed E-state index contributed by atoms with van der Waals surface area (Å²) in [4.78, 5) is 36.1. The molecule has 34 heavy (non-hydrogen) atoms. The summed E-state index contributed by atoms with van der Waals surface area (Å²) in [5.41, 5.74) is 4.63. The standard InChI is InChI=1S/C26H30N2O6/c1-33-12-6-11-23(25(30)31)28-24(29)21-13-16(21)14-27-26(32)34-15-22-19-9-4-2-7-17(19)18-8-3-5-10-20(18)22/h2-5,7-10,16,21-23H,6,11-15H2,1H3,(H,27,32)(H,28,29)(H,30,31)/t16-,21-,23?/m0/s1. The number of methoxy groups -OCH3 is 1. The molecule has 2 amide bonds. The number of carbonyl (C=O) groups is 3. The Hall–Kier alpha value is -3.39. The van der Waals surface area contributed by atoms with Gasteiger partial charge in [0.15, 0.2) is 0 Å². The van der Waals surface area contributed by atoms with Crippen molar-refractivity contribution in [2.24, 2.45) is 11.8 Å². The van der Waals surface area contributed by atoms with E-state index in [1.807, 2.05) is 24.3 Å². The summed E-state index contributed by atoms with van der Waals surface area (Å²) < 4.78 is 10.5. The van der Waals surface area contributed by atoms with Crippen molar-refractivity contribution in [1.29, 1.82) is 0 Å². The number of carboxylic acids is 1. The molecule has 8 nitrogen and oxygen atoms in total. The molecule has 0 aromatic heterocycles. The van der Waals surface area contributed by atoms with Gasteiger partial charge in [-0.2, -0.15) is 0 Å². The predicted octanol–water partition coefficient (Wildman–Crippen LogP) is 3.16. The lowest BCUT2D eigenvalue weighted by Gasteiger charge is -2.15. The maximum absolute atomic E-state index is 12.4. The molecule has 1 saturated carbocycles. The predicted molar refractivity (Wildman–Crippen MR) is 125 cm³/mol. The minimum Gasteiger partial charge on any atom is -0.480 e. The fourth-order valence-corrected chi connectivity index (χ4v) is 4.63. The average Bonchev–Trinajstić information content (AvgIpc) is 3.56. The van der Waals surface area contributed by atoms with Gasteiger partial charge in [0.2, 0.25) is 5.91 Å². The first-order valence-corrected chi connectivity index (χ1v) is 11.6. The second-order valence-corrected chi connectivity index (χ2v) is 8.84. The van der Waals surface area contributed by atoms with Crippen molar-refractivity contribution in [3.63, 3.8) is 0 Å². The van der Waals surface area contributed by atoms with Crippen LogP contribution in [0.5, 0.6) is 0 Å². The van der Waals surface area contributed by atoms with Crippen LogP contribution in [0.2, 0.25) is 0 Å². The second kappa shape index (κ2) is 10.7. The SMILES string of the molecule is COCCCC(NC(=O)[C@H]1C[C@H]1CNC(=O)OCC1c2ccccc2-c2ccccc21)C(=O)O. The normalized spacial score (nSPS) is 19.0. The van der Waals surface area contributed by atoms with Crippen molar-refractivity contribution >= 4 is 18.0 Å². The Morgan fingerprint density at radius 1 is 1.06 bits per heavy atom. The van der Waals surface area contributed by atoms with E-state index in [0.717, 1.165) is 11.1 Å². The van der Waals surface area contributed by atoms with Crippen LogP contribution in [0.4, 0.5) is 4.79 Å². The third-order valence-corrected chi connectivity index (χ3v) is 6.57. The number of benzene rings is 2. The molecular formula is C26H30N2O6. The van der Waals surface area contributed by atoms with E-state index in [2.05, 4.69) is 34.9 Å². The van der Waals surface area contributed by atoms with Crippen molar-refractivity contribution in [2.45, 2.75) is 31.2 Å². The van der Waals surface area contributed by atoms with Crippen molar-refractivity contribution in [2.75, 3.05) is 26.9 Å². The molecule has 2 aliphatic carbocycles. The molecule has 2 aromatic rings. The summed E-state index contributed by atoms with van der Waals surface area (Å²) in [6, 6.07) is 15.4. The summed E-state index contributed by atoms with van der Waals surface area (Å²) in [5.74, 6) is -1.67. The molecule has 1 unspecified atom stereocenters. The number of amides is 2. The maximum atomic E-state index is 12.4. The van der Waals surface area contributed by atoms with Gasteiger partial charge in [0.05, 0.1) is 0 Å². The van der Waals surface area contributed by atoms with Crippen LogP contribution in [-0.4, -0.2) is 56.0 Å². The molecule has 8 heteroatoms. The van der Waals surface area contributed by atoms with Gasteiger partial charge in [-0.25, -0.2) is 9.59 Å². The van der Waals surface area contributed by atoms with E-state index in [-0.39, 0.29) is 30.3 Å². The molecule has 2 aliphatic rings. The zero-order chi connectivity index (χ0) is 24.1. The van der Waals surface area contributed by atoms with Gasteiger partial charge in [-0.1, -0.05) is 48.5 Å². The van der Waals surface area contributed by atoms with Crippen LogP contribution >= 0.6 is 0 Å². The molecule has 0 radical (unpaired) electrons. The smallest absolute Gasteiger partial charge is 0.407 e. The summed E-state index contributed by atoms with van der Waals surface area (Å²) in [7, 11) is 1.55. The van der Waals surface area contributed by atoms with Crippen LogP contribution in [0.3, 0.4) is 0 Å². The highest BCUT2D eigenvalue weighted by Gasteiger charge is 2.44. The number of hydrogen-bond acceptors (Lipinski definition) is 5. The molecule has 180 valence electrons. The van der Waals surface area contributed by atoms with E-state index in [0.29, 0.717) is 32.4 Å². The first-order chi connectivity index (χ1) is 16.5. The zero-order valence-corrected chi connectivity index (χ0v) is 19.2. The Bertz CT molecular complexity index is 1010. The summed E-state index contributed by atoms with van der Waals surface area (Å²) in [5, 5.41) is 14.7. The topological polar surface area (TPSA) is 114 Å². The Balaban J connectivity index is 1.22. The molecule has 0 saturated heterocycles. The van der Waals surface area contributed by atoms with E-state index >= 15 is 0 Å². The Morgan fingerprint density at radius 2 is 1.71 bits per heavy atom. The van der Waals surface area contributed by atoms with Crippen LogP contribution in [0.1, 0.15) is 36.3 Å². The van der Waals surface area contributed by atoms with Crippen LogP contribution < -0.4 is 10.6 Å². The highest BCUT2D eigenvalue weighted by atomic mass is 16.5. The average molecular weight is 467 g/mol. The van der Waals surface area contributed by atoms with Gasteiger partial charge < -0.3 is 25.2 Å². The number of carbonyl (C=O) groups excluding carboxylic acids is 2. The zero-order valence-electron chi connectivity index (χ0n) is 19.2. The second-order valence-electron chi connectivity index (χ2n) is 8.84. The lowest BCUT2D eigenvalue weighted by atomic mass is 9.98. The Kier molecular flexibility index (Phi) is 7.47. The van der Waals surface area contributed by atoms with Gasteiger partial charge in [-0.3, -0.25) is 4.79 Å². The van der Waals surface area contributed by atoms with Gasteiger partial charge in [0.25, 0.3) is 0 Å². The summed E-state index contributed by atoms with van der Waals surface area (Å²) in [6.45, 7) is 0.988. The third-order valence-electron chi connectivity index (χ3n) is 6.57. The molecule has 1 fully saturated rings. The van der Waals surface area contributed by atoms with Crippen LogP contribution in [0.25, 0.3) is 11.1 Å². The van der Waals surface area contributed by atoms with Crippen molar-refractivity contribution < 1.29 is 29.0 Å². The first-order valence-electron chi connectivity index (χ1n) is 11.6. The number of hydrogen-bond donors (Lipinski definition) is 3. The van der Waals surface area contributed by atoms with Gasteiger partial charge in [0.1, 0.15) is 12.6 Å². The molecule has 0 aliphatic heterocycles. The van der Waals surface area contributed by atoms with Crippen LogP contribution in [-0.2, 0) is 19.1 Å². The fourth-order valence-electron chi connectivity index (χ4n) is 4.63. The van der Waals surface area contributed by atoms with Gasteiger partial charge in [-0.05, 0) is 47.4 Å². The summed E-state index contributed by atoms with van der Waals surface area (Å²) >= 11 is 0. The Morgan fingerprint density at radius 3 is 2.32 bits per heavy atom. The fraction of sp³-hybridized carbons (Fsp3) is 0.423. The molecule has 3 atom stereocenters. The summed E-state index contributed by atoms with van der Waals surface area (Å²) in [6.07, 6.45) is 0.950. The van der Waals surface area contributed by atoms with Gasteiger partial charge >= 0.3 is 12.1 Å². The van der Waals surface area contributed by atoms with Crippen molar-refractivity contribution in [3.05, 3.63) is 59.7 Å². The minimum atomic E-state index is -1.06. The van der Waals surface area contributed by atoms with Crippen molar-refractivity contribution in [1.82, 2.24) is 10.6 Å². The number of aliphatic carboxylic acids is 1.